The fourth-order valence-electron chi connectivity index (χ4n) is 3.06. The molecule has 1 fully saturated rings. The third kappa shape index (κ3) is 5.97. The van der Waals surface area contributed by atoms with Gasteiger partial charge in [0.1, 0.15) is 12.4 Å². The molecule has 1 aliphatic heterocycles. The Bertz CT molecular complexity index is 543. The summed E-state index contributed by atoms with van der Waals surface area (Å²) in [4.78, 5) is 7.20. The third-order valence-electron chi connectivity index (χ3n) is 4.71. The zero-order valence-electron chi connectivity index (χ0n) is 16.1. The van der Waals surface area contributed by atoms with Gasteiger partial charge >= 0.3 is 0 Å². The van der Waals surface area contributed by atoms with Crippen molar-refractivity contribution in [1.29, 1.82) is 0 Å². The average molecular weight is 351 g/mol. The van der Waals surface area contributed by atoms with Crippen molar-refractivity contribution in [3.63, 3.8) is 0 Å². The highest BCUT2D eigenvalue weighted by Crippen LogP contribution is 2.15. The van der Waals surface area contributed by atoms with Crippen molar-refractivity contribution >= 4 is 5.96 Å². The number of hydrogen-bond acceptors (Lipinski definition) is 5. The Balaban J connectivity index is 1.91. The van der Waals surface area contributed by atoms with Crippen LogP contribution in [-0.4, -0.2) is 71.1 Å². The molecule has 1 aliphatic rings. The summed E-state index contributed by atoms with van der Waals surface area (Å²) < 4.78 is 7.37. The Morgan fingerprint density at radius 2 is 2.16 bits per heavy atom. The molecule has 1 saturated heterocycles. The van der Waals surface area contributed by atoms with Crippen molar-refractivity contribution < 1.29 is 4.74 Å². The molecule has 1 unspecified atom stereocenters. The number of aromatic nitrogens is 3. The first kappa shape index (κ1) is 19.7. The standard InChI is InChI=1S/C17H33N7O/c1-5-24-10-7-8-15(24)12-19-17(18-9-11-25-6-2)20-13-16-22-21-14(3)23(16)4/h15H,5-13H2,1-4H3,(H2,18,19,20). The van der Waals surface area contributed by atoms with Crippen LogP contribution < -0.4 is 10.6 Å². The number of aliphatic imine (C=N–C) groups is 1. The molecule has 2 rings (SSSR count). The van der Waals surface area contributed by atoms with E-state index in [9.17, 15) is 0 Å². The summed E-state index contributed by atoms with van der Waals surface area (Å²) >= 11 is 0. The molecule has 0 amide bonds. The van der Waals surface area contributed by atoms with Gasteiger partial charge in [-0.15, -0.1) is 10.2 Å². The Morgan fingerprint density at radius 3 is 2.84 bits per heavy atom. The summed E-state index contributed by atoms with van der Waals surface area (Å²) in [7, 11) is 1.97. The maximum absolute atomic E-state index is 5.40. The largest absolute Gasteiger partial charge is 0.380 e. The van der Waals surface area contributed by atoms with Gasteiger partial charge in [0.05, 0.1) is 6.61 Å². The number of ether oxygens (including phenoxy) is 1. The second kappa shape index (κ2) is 10.4. The molecular weight excluding hydrogens is 318 g/mol. The van der Waals surface area contributed by atoms with Crippen LogP contribution in [-0.2, 0) is 18.3 Å². The van der Waals surface area contributed by atoms with Gasteiger partial charge in [-0.2, -0.15) is 0 Å². The molecule has 142 valence electrons. The van der Waals surface area contributed by atoms with E-state index in [1.165, 1.54) is 19.4 Å². The monoisotopic (exact) mass is 351 g/mol. The fourth-order valence-corrected chi connectivity index (χ4v) is 3.06. The van der Waals surface area contributed by atoms with Crippen LogP contribution >= 0.6 is 0 Å². The Labute approximate surface area is 151 Å². The summed E-state index contributed by atoms with van der Waals surface area (Å²) in [5.74, 6) is 2.57. The fraction of sp³-hybridized carbons (Fsp3) is 0.824. The van der Waals surface area contributed by atoms with Crippen LogP contribution in [0.5, 0.6) is 0 Å². The van der Waals surface area contributed by atoms with Crippen LogP contribution in [0.3, 0.4) is 0 Å². The molecule has 0 aromatic carbocycles. The molecule has 0 saturated carbocycles. The SMILES string of the molecule is CCOCCNC(=NCc1nnc(C)n1C)NCC1CCCN1CC. The second-order valence-corrected chi connectivity index (χ2v) is 6.32. The number of aryl methyl sites for hydroxylation is 1. The van der Waals surface area contributed by atoms with E-state index >= 15 is 0 Å². The van der Waals surface area contributed by atoms with Crippen LogP contribution in [0.2, 0.25) is 0 Å². The van der Waals surface area contributed by atoms with Gasteiger partial charge in [0.15, 0.2) is 11.8 Å². The third-order valence-corrected chi connectivity index (χ3v) is 4.71. The van der Waals surface area contributed by atoms with E-state index in [4.69, 9.17) is 4.74 Å². The van der Waals surface area contributed by atoms with Crippen molar-refractivity contribution in [1.82, 2.24) is 30.3 Å². The molecule has 1 atom stereocenters. The van der Waals surface area contributed by atoms with Gasteiger partial charge < -0.3 is 19.9 Å². The molecular formula is C17H33N7O. The first-order valence-corrected chi connectivity index (χ1v) is 9.34. The van der Waals surface area contributed by atoms with Gasteiger partial charge in [-0.1, -0.05) is 6.92 Å². The van der Waals surface area contributed by atoms with Gasteiger partial charge in [0, 0.05) is 32.8 Å². The number of likely N-dealkylation sites (tertiary alicyclic amines) is 1. The molecule has 1 aromatic heterocycles. The minimum absolute atomic E-state index is 0.503. The summed E-state index contributed by atoms with van der Waals surface area (Å²) in [6.45, 7) is 12.0. The van der Waals surface area contributed by atoms with E-state index in [0.717, 1.165) is 43.8 Å². The van der Waals surface area contributed by atoms with Gasteiger partial charge in [-0.3, -0.25) is 4.90 Å². The molecule has 2 N–H and O–H groups in total. The van der Waals surface area contributed by atoms with Crippen LogP contribution in [0.15, 0.2) is 4.99 Å². The van der Waals surface area contributed by atoms with E-state index < -0.39 is 0 Å². The molecule has 0 spiro atoms. The topological polar surface area (TPSA) is 79.6 Å². The van der Waals surface area contributed by atoms with Crippen LogP contribution in [0.4, 0.5) is 0 Å². The Morgan fingerprint density at radius 1 is 1.32 bits per heavy atom. The van der Waals surface area contributed by atoms with Crippen molar-refractivity contribution in [2.75, 3.05) is 39.4 Å². The summed E-state index contributed by atoms with van der Waals surface area (Å²) in [6, 6.07) is 0.584. The highest BCUT2D eigenvalue weighted by molar-refractivity contribution is 5.79. The summed E-state index contributed by atoms with van der Waals surface area (Å²) in [5.41, 5.74) is 0. The van der Waals surface area contributed by atoms with E-state index in [0.29, 0.717) is 19.2 Å². The molecule has 0 bridgehead atoms. The van der Waals surface area contributed by atoms with Crippen molar-refractivity contribution in [3.05, 3.63) is 11.6 Å². The maximum Gasteiger partial charge on any atom is 0.191 e. The predicted molar refractivity (Wildman–Crippen MR) is 99.6 cm³/mol. The number of nitrogens with one attached hydrogen (secondary N) is 2. The second-order valence-electron chi connectivity index (χ2n) is 6.32. The van der Waals surface area contributed by atoms with Crippen molar-refractivity contribution in [3.8, 4) is 0 Å². The minimum Gasteiger partial charge on any atom is -0.380 e. The van der Waals surface area contributed by atoms with Crippen molar-refractivity contribution in [2.45, 2.75) is 46.2 Å². The highest BCUT2D eigenvalue weighted by atomic mass is 16.5. The quantitative estimate of drug-likeness (QED) is 0.387. The molecule has 0 aliphatic carbocycles. The number of nitrogens with zero attached hydrogens (tertiary/aromatic N) is 5. The van der Waals surface area contributed by atoms with Crippen molar-refractivity contribution in [2.24, 2.45) is 12.0 Å². The van der Waals surface area contributed by atoms with E-state index in [2.05, 4.69) is 37.6 Å². The first-order chi connectivity index (χ1) is 12.2. The first-order valence-electron chi connectivity index (χ1n) is 9.34. The molecule has 25 heavy (non-hydrogen) atoms. The number of hydrogen-bond donors (Lipinski definition) is 2. The summed E-state index contributed by atoms with van der Waals surface area (Å²) in [5, 5.41) is 15.1. The number of rotatable bonds is 9. The van der Waals surface area contributed by atoms with Crippen LogP contribution in [0.1, 0.15) is 38.3 Å². The lowest BCUT2D eigenvalue weighted by Gasteiger charge is -2.24. The average Bonchev–Trinajstić information content (AvgIpc) is 3.20. The number of guanidine groups is 1. The van der Waals surface area contributed by atoms with E-state index in [1.807, 2.05) is 25.5 Å². The normalized spacial score (nSPS) is 18.7. The molecule has 2 heterocycles. The predicted octanol–water partition coefficient (Wildman–Crippen LogP) is 0.680. The Kier molecular flexibility index (Phi) is 8.14. The molecule has 8 heteroatoms. The minimum atomic E-state index is 0.503. The number of likely N-dealkylation sites (N-methyl/N-ethyl adjacent to an activating group) is 1. The molecule has 8 nitrogen and oxygen atoms in total. The molecule has 0 radical (unpaired) electrons. The van der Waals surface area contributed by atoms with Gasteiger partial charge in [-0.25, -0.2) is 4.99 Å². The van der Waals surface area contributed by atoms with Gasteiger partial charge in [0.25, 0.3) is 0 Å². The van der Waals surface area contributed by atoms with Crippen LogP contribution in [0, 0.1) is 6.92 Å². The summed E-state index contributed by atoms with van der Waals surface area (Å²) in [6.07, 6.45) is 2.53. The van der Waals surface area contributed by atoms with Crippen LogP contribution in [0.25, 0.3) is 0 Å². The zero-order chi connectivity index (χ0) is 18.1. The smallest absolute Gasteiger partial charge is 0.191 e. The molecule has 1 aromatic rings. The van der Waals surface area contributed by atoms with Gasteiger partial charge in [-0.05, 0) is 39.8 Å². The van der Waals surface area contributed by atoms with E-state index in [1.54, 1.807) is 0 Å². The lowest BCUT2D eigenvalue weighted by atomic mass is 10.2. The zero-order valence-corrected chi connectivity index (χ0v) is 16.1. The van der Waals surface area contributed by atoms with Gasteiger partial charge in [0.2, 0.25) is 0 Å². The Hall–Kier alpha value is -1.67. The maximum atomic E-state index is 5.40. The lowest BCUT2D eigenvalue weighted by molar-refractivity contribution is 0.152. The van der Waals surface area contributed by atoms with E-state index in [-0.39, 0.29) is 0 Å². The lowest BCUT2D eigenvalue weighted by Crippen LogP contribution is -2.45. The highest BCUT2D eigenvalue weighted by Gasteiger charge is 2.22.